The van der Waals surface area contributed by atoms with Crippen molar-refractivity contribution in [2.24, 2.45) is 0 Å². The molecule has 0 radical (unpaired) electrons. The van der Waals surface area contributed by atoms with Gasteiger partial charge in [-0.15, -0.1) is 0 Å². The smallest absolute Gasteiger partial charge is 0.199 e. The lowest BCUT2D eigenvalue weighted by Gasteiger charge is -2.21. The van der Waals surface area contributed by atoms with E-state index < -0.39 is 6.36 Å². The molecule has 0 aromatic heterocycles. The van der Waals surface area contributed by atoms with Crippen molar-refractivity contribution in [1.29, 1.82) is 0 Å². The predicted octanol–water partition coefficient (Wildman–Crippen LogP) is 1.87. The first-order valence-corrected chi connectivity index (χ1v) is 3.08. The molecule has 0 saturated carbocycles. The molecule has 1 saturated heterocycles. The van der Waals surface area contributed by atoms with Crippen LogP contribution in [0.15, 0.2) is 0 Å². The molecular formula is C6H11FO. The van der Waals surface area contributed by atoms with Crippen LogP contribution in [0, 0.1) is 0 Å². The molecule has 0 aromatic carbocycles. The Morgan fingerprint density at radius 2 is 2.25 bits per heavy atom. The molecule has 0 N–H and O–H groups in total. The minimum atomic E-state index is -0.987. The number of hydrogen-bond donors (Lipinski definition) is 0. The van der Waals surface area contributed by atoms with Crippen LogP contribution in [0.1, 0.15) is 26.2 Å². The van der Waals surface area contributed by atoms with Crippen molar-refractivity contribution in [3.63, 3.8) is 0 Å². The number of halogens is 1. The van der Waals surface area contributed by atoms with Crippen molar-refractivity contribution in [3.8, 4) is 0 Å². The van der Waals surface area contributed by atoms with E-state index in [9.17, 15) is 4.39 Å². The van der Waals surface area contributed by atoms with E-state index in [1.54, 1.807) is 0 Å². The van der Waals surface area contributed by atoms with Crippen LogP contribution >= 0.6 is 0 Å². The number of rotatable bonds is 0. The van der Waals surface area contributed by atoms with Crippen LogP contribution in [0.3, 0.4) is 0 Å². The number of hydrogen-bond acceptors (Lipinski definition) is 1. The van der Waals surface area contributed by atoms with Gasteiger partial charge in [-0.1, -0.05) is 0 Å². The fourth-order valence-corrected chi connectivity index (χ4v) is 0.954. The maximum absolute atomic E-state index is 12.2. The molecule has 1 heterocycles. The predicted molar refractivity (Wildman–Crippen MR) is 29.3 cm³/mol. The van der Waals surface area contributed by atoms with Crippen molar-refractivity contribution in [2.45, 2.75) is 38.6 Å². The summed E-state index contributed by atoms with van der Waals surface area (Å²) in [4.78, 5) is 0. The van der Waals surface area contributed by atoms with Crippen molar-refractivity contribution < 1.29 is 9.13 Å². The first-order chi connectivity index (χ1) is 3.79. The van der Waals surface area contributed by atoms with Gasteiger partial charge in [0.05, 0.1) is 6.10 Å². The molecule has 0 aromatic rings. The van der Waals surface area contributed by atoms with Gasteiger partial charge in [0.15, 0.2) is 6.36 Å². The van der Waals surface area contributed by atoms with E-state index in [1.165, 1.54) is 0 Å². The Bertz CT molecular complexity index is 66.9. The Morgan fingerprint density at radius 3 is 2.62 bits per heavy atom. The molecule has 1 aliphatic rings. The van der Waals surface area contributed by atoms with Crippen LogP contribution < -0.4 is 0 Å². The van der Waals surface area contributed by atoms with Gasteiger partial charge in [0.25, 0.3) is 0 Å². The Hall–Kier alpha value is -0.110. The van der Waals surface area contributed by atoms with Crippen LogP contribution in [-0.4, -0.2) is 12.5 Å². The summed E-state index contributed by atoms with van der Waals surface area (Å²) in [6, 6.07) is 0. The standard InChI is InChI=1S/C6H11FO/c1-5-3-2-4-6(7)8-5/h5-6H,2-4H2,1H3. The molecule has 1 aliphatic heterocycles. The van der Waals surface area contributed by atoms with E-state index in [1.807, 2.05) is 6.92 Å². The molecular weight excluding hydrogens is 107 g/mol. The quantitative estimate of drug-likeness (QED) is 0.471. The zero-order valence-electron chi connectivity index (χ0n) is 5.06. The van der Waals surface area contributed by atoms with Gasteiger partial charge in [0, 0.05) is 6.42 Å². The molecule has 2 unspecified atom stereocenters. The molecule has 2 atom stereocenters. The van der Waals surface area contributed by atoms with E-state index >= 15 is 0 Å². The van der Waals surface area contributed by atoms with Gasteiger partial charge in [-0.05, 0) is 19.8 Å². The summed E-state index contributed by atoms with van der Waals surface area (Å²) in [6.07, 6.45) is 1.73. The molecule has 1 rings (SSSR count). The second kappa shape index (κ2) is 2.44. The first-order valence-electron chi connectivity index (χ1n) is 3.08. The third-order valence-electron chi connectivity index (χ3n) is 1.42. The van der Waals surface area contributed by atoms with Gasteiger partial charge in [-0.3, -0.25) is 0 Å². The first kappa shape index (κ1) is 6.02. The van der Waals surface area contributed by atoms with Gasteiger partial charge >= 0.3 is 0 Å². The highest BCUT2D eigenvalue weighted by atomic mass is 19.1. The fraction of sp³-hybridized carbons (Fsp3) is 1.00. The Kier molecular flexibility index (Phi) is 1.84. The monoisotopic (exact) mass is 118 g/mol. The van der Waals surface area contributed by atoms with Crippen molar-refractivity contribution in [2.75, 3.05) is 0 Å². The molecule has 0 aliphatic carbocycles. The lowest BCUT2D eigenvalue weighted by atomic mass is 10.1. The third-order valence-corrected chi connectivity index (χ3v) is 1.42. The van der Waals surface area contributed by atoms with E-state index in [0.717, 1.165) is 12.8 Å². The highest BCUT2D eigenvalue weighted by Crippen LogP contribution is 2.18. The summed E-state index contributed by atoms with van der Waals surface area (Å²) in [5.41, 5.74) is 0. The second-order valence-corrected chi connectivity index (χ2v) is 2.29. The molecule has 0 amide bonds. The average Bonchev–Trinajstić information content (AvgIpc) is 1.64. The van der Waals surface area contributed by atoms with E-state index in [2.05, 4.69) is 0 Å². The van der Waals surface area contributed by atoms with Crippen LogP contribution in [0.2, 0.25) is 0 Å². The Morgan fingerprint density at radius 1 is 1.50 bits per heavy atom. The molecule has 48 valence electrons. The van der Waals surface area contributed by atoms with Crippen LogP contribution in [0.25, 0.3) is 0 Å². The van der Waals surface area contributed by atoms with E-state index in [0.29, 0.717) is 6.42 Å². The molecule has 1 fully saturated rings. The van der Waals surface area contributed by atoms with Gasteiger partial charge in [0.2, 0.25) is 0 Å². The molecule has 8 heavy (non-hydrogen) atoms. The van der Waals surface area contributed by atoms with Crippen molar-refractivity contribution >= 4 is 0 Å². The van der Waals surface area contributed by atoms with Crippen molar-refractivity contribution in [1.82, 2.24) is 0 Å². The summed E-state index contributed by atoms with van der Waals surface area (Å²) < 4.78 is 17.0. The molecule has 0 bridgehead atoms. The highest BCUT2D eigenvalue weighted by molar-refractivity contribution is 4.59. The lowest BCUT2D eigenvalue weighted by molar-refractivity contribution is -0.109. The summed E-state index contributed by atoms with van der Waals surface area (Å²) in [5.74, 6) is 0. The number of ether oxygens (including phenoxy) is 1. The topological polar surface area (TPSA) is 9.23 Å². The summed E-state index contributed by atoms with van der Waals surface area (Å²) in [5, 5.41) is 0. The maximum Gasteiger partial charge on any atom is 0.199 e. The maximum atomic E-state index is 12.2. The fourth-order valence-electron chi connectivity index (χ4n) is 0.954. The van der Waals surface area contributed by atoms with Crippen LogP contribution in [0.5, 0.6) is 0 Å². The zero-order chi connectivity index (χ0) is 5.98. The Balaban J connectivity index is 2.23. The molecule has 0 spiro atoms. The Labute approximate surface area is 48.8 Å². The van der Waals surface area contributed by atoms with E-state index in [-0.39, 0.29) is 6.10 Å². The zero-order valence-corrected chi connectivity index (χ0v) is 5.06. The number of alkyl halides is 1. The lowest BCUT2D eigenvalue weighted by Crippen LogP contribution is -2.21. The minimum Gasteiger partial charge on any atom is -0.345 e. The van der Waals surface area contributed by atoms with Gasteiger partial charge < -0.3 is 4.74 Å². The summed E-state index contributed by atoms with van der Waals surface area (Å²) >= 11 is 0. The average molecular weight is 118 g/mol. The SMILES string of the molecule is CC1CCCC(F)O1. The normalized spacial score (nSPS) is 39.8. The third kappa shape index (κ3) is 1.44. The van der Waals surface area contributed by atoms with Crippen LogP contribution in [0.4, 0.5) is 4.39 Å². The van der Waals surface area contributed by atoms with Gasteiger partial charge in [-0.25, -0.2) is 4.39 Å². The molecule has 2 heteroatoms. The summed E-state index contributed by atoms with van der Waals surface area (Å²) in [6.45, 7) is 1.91. The van der Waals surface area contributed by atoms with E-state index in [4.69, 9.17) is 4.74 Å². The van der Waals surface area contributed by atoms with Crippen molar-refractivity contribution in [3.05, 3.63) is 0 Å². The summed E-state index contributed by atoms with van der Waals surface area (Å²) in [7, 11) is 0. The van der Waals surface area contributed by atoms with Gasteiger partial charge in [0.1, 0.15) is 0 Å². The highest BCUT2D eigenvalue weighted by Gasteiger charge is 2.16. The van der Waals surface area contributed by atoms with Gasteiger partial charge in [-0.2, -0.15) is 0 Å². The molecule has 1 nitrogen and oxygen atoms in total. The second-order valence-electron chi connectivity index (χ2n) is 2.29. The largest absolute Gasteiger partial charge is 0.345 e. The van der Waals surface area contributed by atoms with Crippen LogP contribution in [-0.2, 0) is 4.74 Å². The minimum absolute atomic E-state index is 0.138.